The summed E-state index contributed by atoms with van der Waals surface area (Å²) in [5.74, 6) is 1.36. The number of aliphatic imine (C=N–C) groups is 1. The summed E-state index contributed by atoms with van der Waals surface area (Å²) in [6.07, 6.45) is 2.64. The number of fused-ring (bicyclic) bond motifs is 1. The third-order valence-corrected chi connectivity index (χ3v) is 5.63. The minimum atomic E-state index is 0.00668. The Balaban J connectivity index is 1.63. The minimum absolute atomic E-state index is 0.00668. The van der Waals surface area contributed by atoms with Gasteiger partial charge in [-0.2, -0.15) is 0 Å². The minimum Gasteiger partial charge on any atom is -0.504 e. The molecule has 0 radical (unpaired) electrons. The Morgan fingerprint density at radius 1 is 1.16 bits per heavy atom. The first-order valence-electron chi connectivity index (χ1n) is 10.7. The van der Waals surface area contributed by atoms with Gasteiger partial charge in [0.25, 0.3) is 0 Å². The number of nitrogens with zero attached hydrogens (tertiary/aromatic N) is 2. The van der Waals surface area contributed by atoms with Crippen LogP contribution in [0, 0.1) is 0 Å². The molecule has 4 aromatic rings. The molecule has 0 saturated carbocycles. The SMILES string of the molecule is CCOc1cc(Cl)cc(C=Nc2cccc(-c3nc4cc([C@@H](C)CC)ccc4o3)c2)c1O. The zero-order valence-corrected chi connectivity index (χ0v) is 19.1. The van der Waals surface area contributed by atoms with Gasteiger partial charge in [0.05, 0.1) is 12.3 Å². The molecule has 1 heterocycles. The maximum absolute atomic E-state index is 10.4. The predicted molar refractivity (Wildman–Crippen MR) is 130 cm³/mol. The maximum atomic E-state index is 10.4. The van der Waals surface area contributed by atoms with Crippen LogP contribution >= 0.6 is 11.6 Å². The summed E-state index contributed by atoms with van der Waals surface area (Å²) < 4.78 is 11.4. The number of aromatic hydroxyl groups is 1. The highest BCUT2D eigenvalue weighted by Crippen LogP contribution is 2.34. The number of phenols is 1. The molecular weight excluding hydrogens is 424 g/mol. The van der Waals surface area contributed by atoms with Crippen LogP contribution in [-0.4, -0.2) is 22.9 Å². The second kappa shape index (κ2) is 9.45. The smallest absolute Gasteiger partial charge is 0.227 e. The molecule has 0 fully saturated rings. The molecule has 0 saturated heterocycles. The summed E-state index contributed by atoms with van der Waals surface area (Å²) in [4.78, 5) is 9.18. The van der Waals surface area contributed by atoms with Gasteiger partial charge in [0.15, 0.2) is 17.1 Å². The van der Waals surface area contributed by atoms with Crippen LogP contribution in [0.5, 0.6) is 11.5 Å². The van der Waals surface area contributed by atoms with Crippen molar-refractivity contribution in [1.29, 1.82) is 0 Å². The fraction of sp³-hybridized carbons (Fsp3) is 0.231. The van der Waals surface area contributed by atoms with Crippen LogP contribution in [-0.2, 0) is 0 Å². The molecule has 0 unspecified atom stereocenters. The van der Waals surface area contributed by atoms with Crippen LogP contribution in [0.25, 0.3) is 22.6 Å². The average molecular weight is 449 g/mol. The zero-order valence-electron chi connectivity index (χ0n) is 18.3. The molecule has 164 valence electrons. The van der Waals surface area contributed by atoms with Gasteiger partial charge >= 0.3 is 0 Å². The molecule has 0 spiro atoms. The monoisotopic (exact) mass is 448 g/mol. The van der Waals surface area contributed by atoms with Crippen molar-refractivity contribution in [3.8, 4) is 23.0 Å². The third kappa shape index (κ3) is 4.63. The zero-order chi connectivity index (χ0) is 22.7. The summed E-state index contributed by atoms with van der Waals surface area (Å²) >= 11 is 6.15. The molecule has 5 nitrogen and oxygen atoms in total. The van der Waals surface area contributed by atoms with E-state index in [0.29, 0.717) is 40.4 Å². The molecule has 1 N–H and O–H groups in total. The quantitative estimate of drug-likeness (QED) is 0.297. The largest absolute Gasteiger partial charge is 0.504 e. The van der Waals surface area contributed by atoms with Crippen molar-refractivity contribution in [3.05, 3.63) is 70.7 Å². The molecule has 4 rings (SSSR count). The summed E-state index contributed by atoms with van der Waals surface area (Å²) in [7, 11) is 0. The standard InChI is InChI=1S/C26H25ClN2O3/c1-4-16(3)17-9-10-23-22(13-17)29-26(32-23)18-7-6-8-21(12-18)28-15-19-11-20(27)14-24(25(19)30)31-5-2/h6-16,30H,4-5H2,1-3H3/t16-/m0/s1. The molecule has 0 aliphatic carbocycles. The Morgan fingerprint density at radius 3 is 2.78 bits per heavy atom. The van der Waals surface area contributed by atoms with Crippen LogP contribution in [0.4, 0.5) is 5.69 Å². The number of rotatable bonds is 7. The third-order valence-electron chi connectivity index (χ3n) is 5.41. The summed E-state index contributed by atoms with van der Waals surface area (Å²) in [6.45, 7) is 6.65. The van der Waals surface area contributed by atoms with E-state index in [-0.39, 0.29) is 5.75 Å². The van der Waals surface area contributed by atoms with Gasteiger partial charge in [0, 0.05) is 28.4 Å². The Labute approximate surface area is 192 Å². The number of phenolic OH excluding ortho intramolecular Hbond substituents is 1. The van der Waals surface area contributed by atoms with E-state index < -0.39 is 0 Å². The van der Waals surface area contributed by atoms with Gasteiger partial charge in [-0.05, 0) is 61.2 Å². The van der Waals surface area contributed by atoms with Crippen LogP contribution < -0.4 is 4.74 Å². The van der Waals surface area contributed by atoms with Crippen molar-refractivity contribution in [1.82, 2.24) is 4.98 Å². The number of halogens is 1. The Hall–Kier alpha value is -3.31. The number of oxazole rings is 1. The lowest BCUT2D eigenvalue weighted by Crippen LogP contribution is -1.94. The lowest BCUT2D eigenvalue weighted by atomic mass is 9.98. The fourth-order valence-corrected chi connectivity index (χ4v) is 3.65. The lowest BCUT2D eigenvalue weighted by Gasteiger charge is -2.08. The summed E-state index contributed by atoms with van der Waals surface area (Å²) in [5, 5.41) is 10.9. The molecule has 6 heteroatoms. The van der Waals surface area contributed by atoms with E-state index in [1.807, 2.05) is 37.3 Å². The highest BCUT2D eigenvalue weighted by atomic mass is 35.5. The van der Waals surface area contributed by atoms with Crippen molar-refractivity contribution in [2.24, 2.45) is 4.99 Å². The number of hydrogen-bond acceptors (Lipinski definition) is 5. The van der Waals surface area contributed by atoms with Crippen LogP contribution in [0.1, 0.15) is 44.2 Å². The lowest BCUT2D eigenvalue weighted by molar-refractivity contribution is 0.318. The van der Waals surface area contributed by atoms with E-state index in [1.54, 1.807) is 18.3 Å². The first-order chi connectivity index (χ1) is 15.5. The van der Waals surface area contributed by atoms with Crippen molar-refractivity contribution < 1.29 is 14.3 Å². The van der Waals surface area contributed by atoms with Gasteiger partial charge in [-0.25, -0.2) is 4.98 Å². The van der Waals surface area contributed by atoms with Gasteiger partial charge in [0.2, 0.25) is 5.89 Å². The molecule has 0 amide bonds. The second-order valence-electron chi connectivity index (χ2n) is 7.64. The molecule has 3 aromatic carbocycles. The van der Waals surface area contributed by atoms with Crippen molar-refractivity contribution in [2.45, 2.75) is 33.1 Å². The predicted octanol–water partition coefficient (Wildman–Crippen LogP) is 7.52. The van der Waals surface area contributed by atoms with E-state index in [2.05, 4.69) is 36.0 Å². The average Bonchev–Trinajstić information content (AvgIpc) is 3.23. The summed E-state index contributed by atoms with van der Waals surface area (Å²) in [5.41, 5.74) is 4.86. The molecule has 1 atom stereocenters. The first-order valence-corrected chi connectivity index (χ1v) is 11.1. The first kappa shape index (κ1) is 21.9. The van der Waals surface area contributed by atoms with Crippen LogP contribution in [0.15, 0.2) is 64.0 Å². The van der Waals surface area contributed by atoms with Gasteiger partial charge in [-0.15, -0.1) is 0 Å². The van der Waals surface area contributed by atoms with Gasteiger partial charge in [0.1, 0.15) is 5.52 Å². The van der Waals surface area contributed by atoms with Crippen LogP contribution in [0.3, 0.4) is 0 Å². The second-order valence-corrected chi connectivity index (χ2v) is 8.08. The normalized spacial score (nSPS) is 12.5. The van der Waals surface area contributed by atoms with Crippen molar-refractivity contribution in [3.63, 3.8) is 0 Å². The van der Waals surface area contributed by atoms with E-state index in [0.717, 1.165) is 23.1 Å². The topological polar surface area (TPSA) is 67.9 Å². The Morgan fingerprint density at radius 2 is 2.00 bits per heavy atom. The number of ether oxygens (including phenoxy) is 1. The molecule has 0 aliphatic heterocycles. The number of aromatic nitrogens is 1. The Bertz CT molecular complexity index is 1280. The number of hydrogen-bond donors (Lipinski definition) is 1. The Kier molecular flexibility index (Phi) is 6.47. The molecule has 1 aromatic heterocycles. The van der Waals surface area contributed by atoms with Gasteiger partial charge in [-0.1, -0.05) is 37.6 Å². The maximum Gasteiger partial charge on any atom is 0.227 e. The molecular formula is C26H25ClN2O3. The number of benzene rings is 3. The summed E-state index contributed by atoms with van der Waals surface area (Å²) in [6, 6.07) is 17.0. The highest BCUT2D eigenvalue weighted by molar-refractivity contribution is 6.31. The van der Waals surface area contributed by atoms with E-state index in [4.69, 9.17) is 20.8 Å². The molecule has 0 bridgehead atoms. The van der Waals surface area contributed by atoms with E-state index >= 15 is 0 Å². The molecule has 32 heavy (non-hydrogen) atoms. The van der Waals surface area contributed by atoms with Crippen LogP contribution in [0.2, 0.25) is 5.02 Å². The van der Waals surface area contributed by atoms with Gasteiger partial charge < -0.3 is 14.3 Å². The van der Waals surface area contributed by atoms with E-state index in [1.165, 1.54) is 5.56 Å². The van der Waals surface area contributed by atoms with Gasteiger partial charge in [-0.3, -0.25) is 4.99 Å². The van der Waals surface area contributed by atoms with Crippen molar-refractivity contribution in [2.75, 3.05) is 6.61 Å². The highest BCUT2D eigenvalue weighted by Gasteiger charge is 2.12. The fourth-order valence-electron chi connectivity index (χ4n) is 3.43. The molecule has 0 aliphatic rings. The van der Waals surface area contributed by atoms with Crippen molar-refractivity contribution >= 4 is 34.6 Å². The van der Waals surface area contributed by atoms with E-state index in [9.17, 15) is 5.11 Å².